The molecule has 0 radical (unpaired) electrons. The topological polar surface area (TPSA) is 134 Å². The largest absolute Gasteiger partial charge is 0.522 e. The Bertz CT molecular complexity index is 1120. The molecule has 10 nitrogen and oxygen atoms in total. The van der Waals surface area contributed by atoms with Crippen molar-refractivity contribution in [3.63, 3.8) is 0 Å². The van der Waals surface area contributed by atoms with E-state index in [1.54, 1.807) is 5.32 Å². The minimum absolute atomic E-state index is 0.0386. The van der Waals surface area contributed by atoms with Gasteiger partial charge in [-0.2, -0.15) is 13.2 Å². The fourth-order valence-corrected chi connectivity index (χ4v) is 6.30. The van der Waals surface area contributed by atoms with Crippen LogP contribution < -0.4 is 16.0 Å². The summed E-state index contributed by atoms with van der Waals surface area (Å²) in [5.41, 5.74) is -1.40. The molecule has 0 aromatic carbocycles. The monoisotopic (exact) mass is 598 g/mol. The van der Waals surface area contributed by atoms with Crippen molar-refractivity contribution in [1.29, 1.82) is 0 Å². The van der Waals surface area contributed by atoms with Crippen molar-refractivity contribution in [3.05, 3.63) is 0 Å². The number of nitrogens with one attached hydrogen (secondary N) is 3. The molecule has 3 N–H and O–H groups in total. The van der Waals surface area contributed by atoms with Crippen LogP contribution in [0.15, 0.2) is 0 Å². The number of carbonyl (C=O) groups is 5. The van der Waals surface area contributed by atoms with E-state index in [1.807, 2.05) is 0 Å². The Morgan fingerprint density at radius 3 is 2.20 bits per heavy atom. The molecule has 6 atom stereocenters. The average Bonchev–Trinajstić information content (AvgIpc) is 3.61. The van der Waals surface area contributed by atoms with Crippen LogP contribution in [0.4, 0.5) is 26.3 Å². The number of hydrogen-bond acceptors (Lipinski definition) is 6. The molecule has 230 valence electrons. The van der Waals surface area contributed by atoms with Crippen LogP contribution in [0.3, 0.4) is 0 Å². The minimum atomic E-state index is -5.26. The molecular weight excluding hydrogens is 566 g/mol. The SMILES string of the molecule is CC(C)(C)[C@H](NC(=O)C(F)(F)F)C(=O)N1C[C@H]2[C@@H]([C@H]1C(=O)N[C@@H](C[C@@H]1CCNC1=O)C(=O)COC(F)(F)F)C21CC1. The first kappa shape index (κ1) is 31.0. The van der Waals surface area contributed by atoms with Crippen LogP contribution in [0.2, 0.25) is 0 Å². The molecule has 2 saturated heterocycles. The summed E-state index contributed by atoms with van der Waals surface area (Å²) in [6, 6.07) is -4.43. The standard InChI is InChI=1S/C25H32F6N4O6/c1-22(2,3)17(34-21(40)24(26,27)28)20(39)35-9-12-15(23(12)5-6-23)16(35)19(38)33-13(8-11-4-7-32-18(11)37)14(36)10-41-25(29,30)31/h11-13,15-17H,4-10H2,1-3H3,(H,32,37)(H,33,38)(H,34,40)/t11-,12-,13-,15-,16-,17+/m0/s1. The maximum Gasteiger partial charge on any atom is 0.522 e. The summed E-state index contributed by atoms with van der Waals surface area (Å²) in [6.45, 7) is 3.25. The Balaban J connectivity index is 1.56. The van der Waals surface area contributed by atoms with Gasteiger partial charge in [0.15, 0.2) is 5.78 Å². The number of halogens is 6. The van der Waals surface area contributed by atoms with Gasteiger partial charge in [-0.3, -0.25) is 28.7 Å². The van der Waals surface area contributed by atoms with Crippen molar-refractivity contribution < 1.29 is 55.1 Å². The molecule has 4 amide bonds. The highest BCUT2D eigenvalue weighted by Gasteiger charge is 2.79. The molecule has 0 bridgehead atoms. The van der Waals surface area contributed by atoms with Crippen molar-refractivity contribution in [2.45, 2.75) is 77.1 Å². The zero-order valence-corrected chi connectivity index (χ0v) is 22.6. The number of ketones is 1. The highest BCUT2D eigenvalue weighted by molar-refractivity contribution is 5.97. The molecule has 0 aromatic heterocycles. The summed E-state index contributed by atoms with van der Waals surface area (Å²) in [6.07, 6.45) is -8.86. The van der Waals surface area contributed by atoms with E-state index in [-0.39, 0.29) is 43.2 Å². The number of ether oxygens (including phenoxy) is 1. The normalized spacial score (nSPS) is 28.0. The summed E-state index contributed by atoms with van der Waals surface area (Å²) in [5, 5.41) is 6.69. The Labute approximate surface area is 231 Å². The van der Waals surface area contributed by atoms with Gasteiger partial charge >= 0.3 is 18.4 Å². The molecule has 16 heteroatoms. The van der Waals surface area contributed by atoms with E-state index >= 15 is 0 Å². The zero-order valence-electron chi connectivity index (χ0n) is 22.6. The van der Waals surface area contributed by atoms with Gasteiger partial charge in [-0.05, 0) is 48.3 Å². The molecular formula is C25H32F6N4O6. The first-order valence-electron chi connectivity index (χ1n) is 13.3. The number of hydrogen-bond donors (Lipinski definition) is 3. The lowest BCUT2D eigenvalue weighted by Crippen LogP contribution is -2.61. The van der Waals surface area contributed by atoms with Crippen LogP contribution in [-0.2, 0) is 28.7 Å². The third-order valence-electron chi connectivity index (χ3n) is 8.59. The molecule has 2 saturated carbocycles. The van der Waals surface area contributed by atoms with Crippen molar-refractivity contribution >= 4 is 29.4 Å². The van der Waals surface area contributed by atoms with Crippen LogP contribution in [-0.4, -0.2) is 84.7 Å². The summed E-state index contributed by atoms with van der Waals surface area (Å²) in [5.74, 6) is -6.91. The number of amides is 4. The number of carbonyl (C=O) groups excluding carboxylic acids is 5. The van der Waals surface area contributed by atoms with E-state index in [0.29, 0.717) is 0 Å². The van der Waals surface area contributed by atoms with E-state index in [1.165, 1.54) is 20.8 Å². The highest BCUT2D eigenvalue weighted by Crippen LogP contribution is 2.78. The van der Waals surface area contributed by atoms with Gasteiger partial charge in [-0.15, -0.1) is 13.2 Å². The van der Waals surface area contributed by atoms with E-state index in [2.05, 4.69) is 15.4 Å². The second-order valence-corrected chi connectivity index (χ2v) is 12.3. The third-order valence-corrected chi connectivity index (χ3v) is 8.59. The lowest BCUT2D eigenvalue weighted by molar-refractivity contribution is -0.321. The zero-order chi connectivity index (χ0) is 30.7. The number of rotatable bonds is 9. The molecule has 2 aliphatic heterocycles. The van der Waals surface area contributed by atoms with Crippen molar-refractivity contribution in [2.75, 3.05) is 19.7 Å². The fraction of sp³-hybridized carbons (Fsp3) is 0.800. The Morgan fingerprint density at radius 2 is 1.71 bits per heavy atom. The van der Waals surface area contributed by atoms with Gasteiger partial charge in [0.25, 0.3) is 0 Å². The second kappa shape index (κ2) is 10.4. The summed E-state index contributed by atoms with van der Waals surface area (Å²) in [7, 11) is 0. The van der Waals surface area contributed by atoms with Crippen molar-refractivity contribution in [3.8, 4) is 0 Å². The van der Waals surface area contributed by atoms with Gasteiger partial charge in [-0.25, -0.2) is 0 Å². The van der Waals surface area contributed by atoms with Gasteiger partial charge in [0, 0.05) is 19.0 Å². The molecule has 4 rings (SSSR count). The molecule has 4 fully saturated rings. The molecule has 0 unspecified atom stereocenters. The summed E-state index contributed by atoms with van der Waals surface area (Å²) >= 11 is 0. The van der Waals surface area contributed by atoms with Crippen LogP contribution in [0.25, 0.3) is 0 Å². The first-order chi connectivity index (χ1) is 18.8. The van der Waals surface area contributed by atoms with E-state index in [4.69, 9.17) is 0 Å². The molecule has 2 heterocycles. The highest BCUT2D eigenvalue weighted by atomic mass is 19.4. The number of likely N-dealkylation sites (tertiary alicyclic amines) is 1. The Morgan fingerprint density at radius 1 is 1.07 bits per heavy atom. The first-order valence-corrected chi connectivity index (χ1v) is 13.3. The van der Waals surface area contributed by atoms with Crippen LogP contribution in [0, 0.1) is 28.6 Å². The summed E-state index contributed by atoms with van der Waals surface area (Å²) < 4.78 is 80.6. The van der Waals surface area contributed by atoms with E-state index in [0.717, 1.165) is 17.7 Å². The van der Waals surface area contributed by atoms with Crippen molar-refractivity contribution in [1.82, 2.24) is 20.9 Å². The molecule has 4 aliphatic rings. The average molecular weight is 599 g/mol. The smallest absolute Gasteiger partial charge is 0.356 e. The van der Waals surface area contributed by atoms with E-state index in [9.17, 15) is 50.3 Å². The fourth-order valence-electron chi connectivity index (χ4n) is 6.30. The quantitative estimate of drug-likeness (QED) is 0.344. The second-order valence-electron chi connectivity index (χ2n) is 12.3. The molecule has 2 aliphatic carbocycles. The van der Waals surface area contributed by atoms with Gasteiger partial charge in [0.05, 0.1) is 6.04 Å². The Hall–Kier alpha value is -2.91. The van der Waals surface area contributed by atoms with Gasteiger partial charge in [0.2, 0.25) is 17.7 Å². The maximum atomic E-state index is 13.6. The lowest BCUT2D eigenvalue weighted by Gasteiger charge is -2.37. The van der Waals surface area contributed by atoms with Gasteiger partial charge in [0.1, 0.15) is 18.7 Å². The molecule has 1 spiro atoms. The lowest BCUT2D eigenvalue weighted by atomic mass is 9.85. The third kappa shape index (κ3) is 6.46. The van der Waals surface area contributed by atoms with Gasteiger partial charge < -0.3 is 20.9 Å². The predicted octanol–water partition coefficient (Wildman–Crippen LogP) is 1.43. The van der Waals surface area contributed by atoms with E-state index < -0.39 is 78.0 Å². The maximum absolute atomic E-state index is 13.6. The number of nitrogens with zero attached hydrogens (tertiary/aromatic N) is 1. The Kier molecular flexibility index (Phi) is 7.89. The number of alkyl halides is 6. The number of piperidine rings is 1. The molecule has 41 heavy (non-hydrogen) atoms. The van der Waals surface area contributed by atoms with Crippen LogP contribution in [0.5, 0.6) is 0 Å². The number of fused-ring (bicyclic) bond motifs is 3. The van der Waals surface area contributed by atoms with Gasteiger partial charge in [-0.1, -0.05) is 20.8 Å². The summed E-state index contributed by atoms with van der Waals surface area (Å²) in [4.78, 5) is 64.9. The van der Waals surface area contributed by atoms with Crippen molar-refractivity contribution in [2.24, 2.45) is 28.6 Å². The minimum Gasteiger partial charge on any atom is -0.356 e. The van der Waals surface area contributed by atoms with Crippen LogP contribution in [0.1, 0.15) is 46.5 Å². The van der Waals surface area contributed by atoms with Crippen LogP contribution >= 0.6 is 0 Å². The number of Topliss-reactive ketones (excluding diaryl/α,β-unsaturated/α-hetero) is 1. The molecule has 0 aromatic rings. The predicted molar refractivity (Wildman–Crippen MR) is 126 cm³/mol.